The van der Waals surface area contributed by atoms with Gasteiger partial charge < -0.3 is 0 Å². The number of fused-ring (bicyclic) bond motifs is 12. The molecule has 0 spiro atoms. The van der Waals surface area contributed by atoms with Gasteiger partial charge in [-0.1, -0.05) is 204 Å². The zero-order valence-corrected chi connectivity index (χ0v) is 71.8. The number of nitrogens with zero attached hydrogens (tertiary/aromatic N) is 4. The normalized spacial score (nSPS) is 12.7. The Kier molecular flexibility index (Phi) is 21.8. The van der Waals surface area contributed by atoms with Crippen LogP contribution in [-0.4, -0.2) is 0 Å². The van der Waals surface area contributed by atoms with Gasteiger partial charge in [0.15, 0.2) is 24.8 Å². The Hall–Kier alpha value is -9.64. The molecule has 0 unspecified atom stereocenters. The Morgan fingerprint density at radius 2 is 0.591 bits per heavy atom. The minimum Gasteiger partial charge on any atom is -0.201 e. The Morgan fingerprint density at radius 1 is 0.264 bits per heavy atom. The predicted molar refractivity (Wildman–Crippen MR) is 465 cm³/mol. The summed E-state index contributed by atoms with van der Waals surface area (Å²) >= 11 is 0. The van der Waals surface area contributed by atoms with E-state index in [2.05, 4.69) is 375 Å². The van der Waals surface area contributed by atoms with Gasteiger partial charge in [-0.15, -0.1) is 0 Å². The molecule has 0 aliphatic heterocycles. The Balaban J connectivity index is 0.000000129. The summed E-state index contributed by atoms with van der Waals surface area (Å²) in [6.07, 6.45) is 18.0. The van der Waals surface area contributed by atoms with Crippen molar-refractivity contribution in [3.8, 4) is 89.5 Å². The quantitative estimate of drug-likeness (QED) is 0.128. The van der Waals surface area contributed by atoms with Gasteiger partial charge >= 0.3 is 0 Å². The first-order chi connectivity index (χ1) is 51.9. The summed E-state index contributed by atoms with van der Waals surface area (Å²) in [5.74, 6) is 0.676. The molecule has 4 aliphatic carbocycles. The monoisotopic (exact) mass is 1450 g/mol. The average molecular weight is 1450 g/mol. The minimum absolute atomic E-state index is 0.294. The van der Waals surface area contributed by atoms with E-state index in [9.17, 15) is 0 Å². The van der Waals surface area contributed by atoms with Crippen LogP contribution < -0.4 is 18.3 Å². The zero-order chi connectivity index (χ0) is 79.1. The van der Waals surface area contributed by atoms with E-state index in [1.807, 2.05) is 0 Å². The van der Waals surface area contributed by atoms with Crippen molar-refractivity contribution in [2.24, 2.45) is 50.4 Å². The van der Waals surface area contributed by atoms with Crippen LogP contribution in [0.4, 0.5) is 0 Å². The maximum Gasteiger partial charge on any atom is 0.213 e. The van der Waals surface area contributed by atoms with Crippen LogP contribution in [0.2, 0.25) is 0 Å². The third-order valence-electron chi connectivity index (χ3n) is 23.9. The molecule has 110 heavy (non-hydrogen) atoms. The van der Waals surface area contributed by atoms with Crippen LogP contribution in [0, 0.1) is 98.3 Å². The van der Waals surface area contributed by atoms with Gasteiger partial charge in [-0.3, -0.25) is 0 Å². The van der Waals surface area contributed by atoms with Crippen molar-refractivity contribution in [2.75, 3.05) is 0 Å². The topological polar surface area (TPSA) is 15.5 Å². The molecule has 0 fully saturated rings. The largest absolute Gasteiger partial charge is 0.213 e. The second-order valence-corrected chi connectivity index (χ2v) is 37.5. The van der Waals surface area contributed by atoms with Crippen molar-refractivity contribution in [2.45, 2.75) is 204 Å². The number of benzene rings is 8. The first kappa shape index (κ1) is 78.5. The molecule has 564 valence electrons. The predicted octanol–water partition coefficient (Wildman–Crippen LogP) is 24.4. The van der Waals surface area contributed by atoms with E-state index in [4.69, 9.17) is 0 Å². The summed E-state index contributed by atoms with van der Waals surface area (Å²) < 4.78 is 9.35. The lowest BCUT2D eigenvalue weighted by Crippen LogP contribution is -2.33. The van der Waals surface area contributed by atoms with Crippen LogP contribution in [0.15, 0.2) is 176 Å². The average Bonchev–Trinajstić information content (AvgIpc) is 1.61. The van der Waals surface area contributed by atoms with Gasteiger partial charge in [0.25, 0.3) is 0 Å². The van der Waals surface area contributed by atoms with Crippen LogP contribution in [0.3, 0.4) is 0 Å². The van der Waals surface area contributed by atoms with Crippen molar-refractivity contribution < 1.29 is 18.3 Å². The lowest BCUT2D eigenvalue weighted by atomic mass is 9.86. The molecule has 0 N–H and O–H groups in total. The highest BCUT2D eigenvalue weighted by Crippen LogP contribution is 2.49. The van der Waals surface area contributed by atoms with Gasteiger partial charge in [-0.05, 0) is 300 Å². The summed E-state index contributed by atoms with van der Waals surface area (Å²) in [6.45, 7) is 50.2. The molecular weight excluding hydrogens is 1330 g/mol. The Morgan fingerprint density at radius 3 is 1.07 bits per heavy atom. The number of aromatic nitrogens is 4. The second kappa shape index (κ2) is 30.6. The van der Waals surface area contributed by atoms with Crippen LogP contribution in [0.25, 0.3) is 89.5 Å². The lowest BCUT2D eigenvalue weighted by Gasteiger charge is -2.20. The van der Waals surface area contributed by atoms with E-state index < -0.39 is 0 Å². The highest BCUT2D eigenvalue weighted by molar-refractivity contribution is 5.90. The molecule has 12 aromatic rings. The number of hydrogen-bond donors (Lipinski definition) is 0. The lowest BCUT2D eigenvalue weighted by molar-refractivity contribution is -0.661. The molecular formula is C106H124N4+4. The fourth-order valence-electron chi connectivity index (χ4n) is 18.8. The summed E-state index contributed by atoms with van der Waals surface area (Å²) in [5, 5.41) is 0. The fraction of sp³-hybridized carbons (Fsp3) is 0.358. The number of rotatable bonds is 9. The first-order valence-corrected chi connectivity index (χ1v) is 40.7. The Labute approximate surface area is 662 Å². The SMILES string of the molecule is Cc1cc(-c2c(C)cc(C)c3c2Cc2ccccc2-3)[n+](C)cc1CC(C)(C)C.Cc1cc(-c2c(C)ccc3c2Cc2c(C)cccc2-3)[n+](C)cc1CC(C)C.Cc1cc(-c2c(C)ccc3c2Cc2cccc(C)c2-3)[n+](C)cc1CC(C)(C)C.Cc1cc(-c2c(C)ccc3c2Cc2ccccc2-3)[n+](C)cc1CC(C)(C)C. The molecule has 4 aromatic heterocycles. The summed E-state index contributed by atoms with van der Waals surface area (Å²) in [5.41, 5.74) is 56.1. The second-order valence-electron chi connectivity index (χ2n) is 37.5. The summed E-state index contributed by atoms with van der Waals surface area (Å²) in [6, 6.07) is 57.0. The van der Waals surface area contributed by atoms with Gasteiger partial charge in [0.1, 0.15) is 28.2 Å². The van der Waals surface area contributed by atoms with E-state index in [1.54, 1.807) is 0 Å². The van der Waals surface area contributed by atoms with Gasteiger partial charge in [0, 0.05) is 46.5 Å². The summed E-state index contributed by atoms with van der Waals surface area (Å²) in [7, 11) is 8.80. The minimum atomic E-state index is 0.294. The molecule has 4 aliphatic rings. The van der Waals surface area contributed by atoms with Crippen molar-refractivity contribution in [1.29, 1.82) is 0 Å². The van der Waals surface area contributed by atoms with E-state index in [0.717, 1.165) is 51.4 Å². The fourth-order valence-corrected chi connectivity index (χ4v) is 18.8. The number of hydrogen-bond acceptors (Lipinski definition) is 0. The molecule has 16 rings (SSSR count). The van der Waals surface area contributed by atoms with E-state index in [0.29, 0.717) is 22.2 Å². The standard InChI is InChI=1S/2C27H32N.2C26H30N/c1-17-9-8-10-20-14-23-22(25(17)20)12-11-18(2)26(23)24-13-19(3)21(16-28(24)7)15-27(4,5)6;1-17-13-24(28(7)16-21(17)15-27(4,5)6)26-19(3)12-18(2)25-22-11-9-8-10-20(22)14-23(25)26;1-16(2)12-20-15-27(6)25(13-19(20)5)26-18(4)10-11-22-21-9-7-8-17(3)23(21)14-24(22)26;1-17-11-12-22-21-10-8-7-9-19(21)14-23(22)25(17)24-13-18(2)20(16-27(24)6)15-26(3,4)5/h2*8-13,16H,14-15H2,1-7H3;7-11,13,15-16H,12,14H2,1-6H3;7-13,16H,14-15H2,1-6H3/q4*+1. The van der Waals surface area contributed by atoms with E-state index in [1.165, 1.54) is 217 Å². The highest BCUT2D eigenvalue weighted by atomic mass is 14.9. The molecule has 0 saturated heterocycles. The number of pyridine rings is 4. The molecule has 0 saturated carbocycles. The molecule has 8 aromatic carbocycles. The molecule has 0 bridgehead atoms. The van der Waals surface area contributed by atoms with Gasteiger partial charge in [-0.25, -0.2) is 18.3 Å². The zero-order valence-electron chi connectivity index (χ0n) is 71.8. The molecule has 4 nitrogen and oxygen atoms in total. The van der Waals surface area contributed by atoms with Crippen LogP contribution in [0.5, 0.6) is 0 Å². The van der Waals surface area contributed by atoms with Crippen LogP contribution in [0.1, 0.15) is 204 Å². The van der Waals surface area contributed by atoms with Crippen LogP contribution in [-0.2, 0) is 79.6 Å². The maximum absolute atomic E-state index is 2.40. The molecule has 4 heteroatoms. The van der Waals surface area contributed by atoms with Crippen molar-refractivity contribution in [3.05, 3.63) is 304 Å². The maximum atomic E-state index is 2.40. The molecule has 4 heterocycles. The van der Waals surface area contributed by atoms with Crippen molar-refractivity contribution in [3.63, 3.8) is 0 Å². The molecule has 0 atom stereocenters. The highest BCUT2D eigenvalue weighted by Gasteiger charge is 2.34. The van der Waals surface area contributed by atoms with Crippen molar-refractivity contribution >= 4 is 0 Å². The van der Waals surface area contributed by atoms with Crippen molar-refractivity contribution in [1.82, 2.24) is 0 Å². The Bertz CT molecular complexity index is 5620. The van der Waals surface area contributed by atoms with Gasteiger partial charge in [-0.2, -0.15) is 0 Å². The smallest absolute Gasteiger partial charge is 0.201 e. The summed E-state index contributed by atoms with van der Waals surface area (Å²) in [4.78, 5) is 0. The molecule has 0 radical (unpaired) electrons. The first-order valence-electron chi connectivity index (χ1n) is 40.7. The van der Waals surface area contributed by atoms with E-state index >= 15 is 0 Å². The third kappa shape index (κ3) is 15.9. The van der Waals surface area contributed by atoms with E-state index in [-0.39, 0.29) is 0 Å². The van der Waals surface area contributed by atoms with Gasteiger partial charge in [0.05, 0.1) is 22.3 Å². The number of aryl methyl sites for hydroxylation is 15. The van der Waals surface area contributed by atoms with Crippen LogP contribution >= 0.6 is 0 Å². The molecule has 0 amide bonds. The third-order valence-corrected chi connectivity index (χ3v) is 23.9. The van der Waals surface area contributed by atoms with Gasteiger partial charge in [0.2, 0.25) is 22.8 Å².